The van der Waals surface area contributed by atoms with E-state index in [9.17, 15) is 26.4 Å². The lowest BCUT2D eigenvalue weighted by molar-refractivity contribution is -0.274. The van der Waals surface area contributed by atoms with Crippen molar-refractivity contribution in [1.82, 2.24) is 14.3 Å². The number of ether oxygens (including phenoxy) is 1. The van der Waals surface area contributed by atoms with Gasteiger partial charge in [0.1, 0.15) is 18.1 Å². The lowest BCUT2D eigenvalue weighted by atomic mass is 10.0. The number of imidazole rings is 1. The first kappa shape index (κ1) is 32.4. The van der Waals surface area contributed by atoms with Gasteiger partial charge < -0.3 is 9.30 Å². The van der Waals surface area contributed by atoms with E-state index < -0.39 is 22.5 Å². The molecular formula is C33H25Cl2F3N4O4S. The highest BCUT2D eigenvalue weighted by Gasteiger charge is 2.34. The van der Waals surface area contributed by atoms with Gasteiger partial charge >= 0.3 is 16.6 Å². The number of benzene rings is 4. The minimum Gasteiger partial charge on any atom is -0.406 e. The summed E-state index contributed by atoms with van der Waals surface area (Å²) in [6.07, 6.45) is -1.70. The maximum absolute atomic E-state index is 12.7. The van der Waals surface area contributed by atoms with Gasteiger partial charge in [0.15, 0.2) is 0 Å². The molecule has 0 unspecified atom stereocenters. The van der Waals surface area contributed by atoms with Crippen LogP contribution < -0.4 is 13.8 Å². The molecule has 1 aromatic heterocycles. The Balaban J connectivity index is 1.22. The van der Waals surface area contributed by atoms with Crippen molar-refractivity contribution in [2.24, 2.45) is 0 Å². The monoisotopic (exact) mass is 700 g/mol. The maximum Gasteiger partial charge on any atom is 0.573 e. The predicted molar refractivity (Wildman–Crippen MR) is 174 cm³/mol. The van der Waals surface area contributed by atoms with Gasteiger partial charge in [-0.3, -0.25) is 4.79 Å². The van der Waals surface area contributed by atoms with Gasteiger partial charge in [0, 0.05) is 29.7 Å². The summed E-state index contributed by atoms with van der Waals surface area (Å²) in [6.45, 7) is 0.144. The van der Waals surface area contributed by atoms with E-state index in [1.807, 2.05) is 39.8 Å². The first-order chi connectivity index (χ1) is 22.3. The van der Waals surface area contributed by atoms with Crippen LogP contribution in [0.5, 0.6) is 5.75 Å². The fraction of sp³-hybridized carbons (Fsp3) is 0.152. The molecule has 0 bridgehead atoms. The third-order valence-electron chi connectivity index (χ3n) is 7.46. The van der Waals surface area contributed by atoms with Gasteiger partial charge in [0.05, 0.1) is 16.4 Å². The fourth-order valence-electron chi connectivity index (χ4n) is 5.25. The van der Waals surface area contributed by atoms with Gasteiger partial charge in [-0.1, -0.05) is 71.7 Å². The highest BCUT2D eigenvalue weighted by Crippen LogP contribution is 2.31. The van der Waals surface area contributed by atoms with Crippen molar-refractivity contribution in [2.75, 3.05) is 10.8 Å². The van der Waals surface area contributed by atoms with Crippen LogP contribution in [0, 0.1) is 0 Å². The third-order valence-corrected chi connectivity index (χ3v) is 9.41. The van der Waals surface area contributed by atoms with Crippen molar-refractivity contribution >= 4 is 45.0 Å². The van der Waals surface area contributed by atoms with Crippen molar-refractivity contribution in [3.63, 3.8) is 0 Å². The summed E-state index contributed by atoms with van der Waals surface area (Å²) in [5, 5.41) is 0.951. The number of carbonyl (C=O) groups excluding carboxylic acids is 1. The number of halogens is 5. The second-order valence-corrected chi connectivity index (χ2v) is 13.2. The normalized spacial score (nSPS) is 14.3. The predicted octanol–water partition coefficient (Wildman–Crippen LogP) is 7.44. The Morgan fingerprint density at radius 2 is 1.60 bits per heavy atom. The molecule has 6 rings (SSSR count). The van der Waals surface area contributed by atoms with E-state index in [0.717, 1.165) is 26.8 Å². The molecule has 2 heterocycles. The van der Waals surface area contributed by atoms with E-state index in [2.05, 4.69) is 4.74 Å². The van der Waals surface area contributed by atoms with Crippen LogP contribution in [0.1, 0.15) is 17.0 Å². The van der Waals surface area contributed by atoms with Gasteiger partial charge in [-0.25, -0.2) is 14.0 Å². The van der Waals surface area contributed by atoms with Crippen molar-refractivity contribution in [3.8, 4) is 28.1 Å². The summed E-state index contributed by atoms with van der Waals surface area (Å²) in [5.41, 5.74) is 4.94. The van der Waals surface area contributed by atoms with E-state index in [-0.39, 0.29) is 12.3 Å². The molecule has 242 valence electrons. The molecule has 1 aliphatic rings. The van der Waals surface area contributed by atoms with Crippen LogP contribution in [0.3, 0.4) is 0 Å². The average Bonchev–Trinajstić information content (AvgIpc) is 3.53. The highest BCUT2D eigenvalue weighted by atomic mass is 35.5. The minimum absolute atomic E-state index is 0.279. The van der Waals surface area contributed by atoms with Crippen molar-refractivity contribution in [1.29, 1.82) is 0 Å². The summed E-state index contributed by atoms with van der Waals surface area (Å²) in [6, 6.07) is 25.4. The van der Waals surface area contributed by atoms with Gasteiger partial charge in [0.2, 0.25) is 0 Å². The third kappa shape index (κ3) is 7.73. The molecule has 1 N–H and O–H groups in total. The molecule has 0 aliphatic carbocycles. The van der Waals surface area contributed by atoms with Crippen LogP contribution in [0.2, 0.25) is 10.0 Å². The molecule has 8 nitrogen and oxygen atoms in total. The lowest BCUT2D eigenvalue weighted by Gasteiger charge is -2.15. The quantitative estimate of drug-likeness (QED) is 0.173. The van der Waals surface area contributed by atoms with E-state index in [1.54, 1.807) is 48.5 Å². The number of hydrogen-bond donors (Lipinski definition) is 1. The SMILES string of the molecule is O=C1CN(c2ccc(Cn3cc(-c4ccc(Cl)cc4Cl)nc3CCc3ccc(-c4cccc(OC(F)(F)F)c4)cc3)cc2)S(=O)(=O)N1. The summed E-state index contributed by atoms with van der Waals surface area (Å²) in [5.74, 6) is -0.108. The minimum atomic E-state index is -4.77. The van der Waals surface area contributed by atoms with Crippen LogP contribution in [0.15, 0.2) is 97.2 Å². The number of aryl methyl sites for hydroxylation is 2. The summed E-state index contributed by atoms with van der Waals surface area (Å²) in [7, 11) is -3.91. The number of anilines is 1. The Hall–Kier alpha value is -4.52. The smallest absolute Gasteiger partial charge is 0.406 e. The van der Waals surface area contributed by atoms with Crippen LogP contribution >= 0.6 is 23.2 Å². The van der Waals surface area contributed by atoms with Crippen LogP contribution in [-0.2, 0) is 34.4 Å². The molecule has 0 radical (unpaired) electrons. The molecule has 0 saturated carbocycles. The first-order valence-electron chi connectivity index (χ1n) is 14.2. The number of rotatable bonds is 9. The Bertz CT molecular complexity index is 2050. The second-order valence-electron chi connectivity index (χ2n) is 10.8. The molecule has 0 atom stereocenters. The topological polar surface area (TPSA) is 93.5 Å². The number of amides is 1. The van der Waals surface area contributed by atoms with Crippen LogP contribution in [0.4, 0.5) is 18.9 Å². The van der Waals surface area contributed by atoms with E-state index in [4.69, 9.17) is 28.2 Å². The summed E-state index contributed by atoms with van der Waals surface area (Å²) in [4.78, 5) is 16.5. The van der Waals surface area contributed by atoms with E-state index in [0.29, 0.717) is 51.9 Å². The molecule has 47 heavy (non-hydrogen) atoms. The molecule has 1 saturated heterocycles. The maximum atomic E-state index is 12.7. The van der Waals surface area contributed by atoms with Gasteiger partial charge in [-0.2, -0.15) is 8.42 Å². The number of alkyl halides is 3. The van der Waals surface area contributed by atoms with Crippen molar-refractivity contribution in [3.05, 3.63) is 124 Å². The highest BCUT2D eigenvalue weighted by molar-refractivity contribution is 7.92. The number of nitrogens with one attached hydrogen (secondary N) is 1. The van der Waals surface area contributed by atoms with Crippen LogP contribution in [-0.4, -0.2) is 36.8 Å². The number of hydrogen-bond acceptors (Lipinski definition) is 5. The molecule has 1 aliphatic heterocycles. The Morgan fingerprint density at radius 3 is 2.26 bits per heavy atom. The summed E-state index contributed by atoms with van der Waals surface area (Å²) >= 11 is 12.6. The van der Waals surface area contributed by atoms with E-state index in [1.165, 1.54) is 18.2 Å². The standard InChI is InChI=1S/C33H25Cl2F3N4O4S/c34-25-11-14-28(29(35)17-25)30-19-41(18-22-6-12-26(13-7-22)42-20-32(43)40-47(42,44)45)31(39-30)15-8-21-4-9-23(10-5-21)24-2-1-3-27(16-24)46-33(36,37)38/h1-7,9-14,16-17,19H,8,15,18,20H2,(H,40,43). The number of nitrogens with zero attached hydrogens (tertiary/aromatic N) is 3. The molecule has 4 aromatic carbocycles. The largest absolute Gasteiger partial charge is 0.573 e. The van der Waals surface area contributed by atoms with Crippen molar-refractivity contribution < 1.29 is 31.1 Å². The van der Waals surface area contributed by atoms with Gasteiger partial charge in [0.25, 0.3) is 5.91 Å². The lowest BCUT2D eigenvalue weighted by Crippen LogP contribution is -2.29. The average molecular weight is 702 g/mol. The first-order valence-corrected chi connectivity index (χ1v) is 16.4. The molecule has 1 amide bonds. The van der Waals surface area contributed by atoms with Gasteiger partial charge in [-0.15, -0.1) is 13.2 Å². The Morgan fingerprint density at radius 1 is 0.872 bits per heavy atom. The molecule has 1 fully saturated rings. The fourth-order valence-corrected chi connectivity index (χ4v) is 6.91. The molecule has 14 heteroatoms. The molecule has 5 aromatic rings. The molecule has 0 spiro atoms. The Labute approximate surface area is 278 Å². The van der Waals surface area contributed by atoms with E-state index >= 15 is 0 Å². The zero-order valence-corrected chi connectivity index (χ0v) is 26.7. The summed E-state index contributed by atoms with van der Waals surface area (Å²) < 4.78 is 71.5. The van der Waals surface area contributed by atoms with Crippen molar-refractivity contribution in [2.45, 2.75) is 25.7 Å². The zero-order valence-electron chi connectivity index (χ0n) is 24.3. The zero-order chi connectivity index (χ0) is 33.3. The molecular weight excluding hydrogens is 676 g/mol. The van der Waals surface area contributed by atoms with Crippen LogP contribution in [0.25, 0.3) is 22.4 Å². The number of aromatic nitrogens is 2. The second kappa shape index (κ2) is 12.9. The van der Waals surface area contributed by atoms with Gasteiger partial charge in [-0.05, 0) is 71.1 Å². The number of carbonyl (C=O) groups is 1. The Kier molecular flexibility index (Phi) is 8.93.